The molecular formula is C88H66O2. The van der Waals surface area contributed by atoms with E-state index in [9.17, 15) is 0 Å². The van der Waals surface area contributed by atoms with Crippen LogP contribution in [-0.4, -0.2) is 14.2 Å². The van der Waals surface area contributed by atoms with Gasteiger partial charge >= 0.3 is 0 Å². The zero-order valence-corrected chi connectivity index (χ0v) is 51.0. The summed E-state index contributed by atoms with van der Waals surface area (Å²) in [5.74, 6) is 1.60. The molecule has 0 radical (unpaired) electrons. The topological polar surface area (TPSA) is 18.5 Å². The zero-order chi connectivity index (χ0) is 60.9. The highest BCUT2D eigenvalue weighted by molar-refractivity contribution is 6.17. The Labute approximate surface area is 529 Å². The second-order valence-corrected chi connectivity index (χ2v) is 23.0. The normalized spacial score (nSPS) is 11.1. The van der Waals surface area contributed by atoms with E-state index in [1.165, 1.54) is 50.1 Å². The van der Waals surface area contributed by atoms with Crippen molar-refractivity contribution in [2.24, 2.45) is 0 Å². The van der Waals surface area contributed by atoms with Crippen LogP contribution in [0.3, 0.4) is 0 Å². The Bertz CT molecular complexity index is 4780. The molecule has 2 nitrogen and oxygen atoms in total. The fourth-order valence-electron chi connectivity index (χ4n) is 13.2. The predicted molar refractivity (Wildman–Crippen MR) is 380 cm³/mol. The van der Waals surface area contributed by atoms with Crippen LogP contribution < -0.4 is 9.47 Å². The smallest absolute Gasteiger partial charge is 0.118 e. The van der Waals surface area contributed by atoms with E-state index in [-0.39, 0.29) is 0 Å². The number of methoxy groups -OCH3 is 2. The van der Waals surface area contributed by atoms with E-state index in [1.54, 1.807) is 14.2 Å². The maximum atomic E-state index is 5.80. The van der Waals surface area contributed by atoms with Crippen molar-refractivity contribution in [2.45, 2.75) is 13.8 Å². The van der Waals surface area contributed by atoms with E-state index >= 15 is 0 Å². The third kappa shape index (κ3) is 10.9. The predicted octanol–water partition coefficient (Wildman–Crippen LogP) is 24.0. The van der Waals surface area contributed by atoms with E-state index in [2.05, 4.69) is 341 Å². The van der Waals surface area contributed by atoms with E-state index < -0.39 is 0 Å². The summed E-state index contributed by atoms with van der Waals surface area (Å²) in [6.45, 7) is 4.34. The summed E-state index contributed by atoms with van der Waals surface area (Å²) >= 11 is 0. The molecule has 0 spiro atoms. The summed E-state index contributed by atoms with van der Waals surface area (Å²) in [5, 5.41) is 0. The Morgan fingerprint density at radius 2 is 0.278 bits per heavy atom. The van der Waals surface area contributed by atoms with Crippen molar-refractivity contribution in [3.63, 3.8) is 0 Å². The number of benzene rings is 14. The van der Waals surface area contributed by atoms with Crippen molar-refractivity contribution >= 4 is 0 Å². The number of hydrogen-bond donors (Lipinski definition) is 0. The van der Waals surface area contributed by atoms with Crippen molar-refractivity contribution in [3.8, 4) is 156 Å². The maximum absolute atomic E-state index is 5.80. The molecule has 0 N–H and O–H groups in total. The van der Waals surface area contributed by atoms with Crippen LogP contribution in [0.15, 0.2) is 328 Å². The lowest BCUT2D eigenvalue weighted by Crippen LogP contribution is -2.02. The Hall–Kier alpha value is -11.3. The molecule has 0 amide bonds. The molecule has 0 atom stereocenters. The molecule has 0 saturated heterocycles. The lowest BCUT2D eigenvalue weighted by Gasteiger charge is -2.29. The molecule has 0 saturated carbocycles. The standard InChI is InChI=1S/C88H66O2/c1-59-35-39-69(40-36-59)83-77(63-23-11-5-12-24-63)78(64-25-13-6-14-26-64)85(81(67-31-19-9-20-32-67)84(83)70-41-37-60(2)38-42-70)71-47-43-61(44-48-71)62-45-49-72(50-46-62)86-79(65-27-15-7-16-28-65)80(66-29-17-8-18-30-66)87(73-51-55-75(89-3)56-52-73)88(74-53-57-76(90-4)58-54-74)82(86)68-33-21-10-22-34-68/h5-58H,1-4H3. The molecule has 0 fully saturated rings. The second-order valence-electron chi connectivity index (χ2n) is 23.0. The van der Waals surface area contributed by atoms with Crippen molar-refractivity contribution in [1.29, 1.82) is 0 Å². The van der Waals surface area contributed by atoms with E-state index in [0.717, 1.165) is 117 Å². The number of ether oxygens (including phenoxy) is 2. The van der Waals surface area contributed by atoms with Gasteiger partial charge in [0, 0.05) is 0 Å². The Balaban J connectivity index is 1.02. The molecule has 90 heavy (non-hydrogen) atoms. The molecule has 0 aliphatic heterocycles. The quantitative estimate of drug-likeness (QED) is 0.102. The highest BCUT2D eigenvalue weighted by atomic mass is 16.5. The number of aryl methyl sites for hydroxylation is 2. The summed E-state index contributed by atoms with van der Waals surface area (Å²) in [4.78, 5) is 0. The fraction of sp³-hybridized carbons (Fsp3) is 0.0455. The molecule has 2 heteroatoms. The zero-order valence-electron chi connectivity index (χ0n) is 51.0. The van der Waals surface area contributed by atoms with Crippen LogP contribution >= 0.6 is 0 Å². The van der Waals surface area contributed by atoms with E-state index in [4.69, 9.17) is 9.47 Å². The van der Waals surface area contributed by atoms with E-state index in [0.29, 0.717) is 0 Å². The molecule has 0 aliphatic rings. The maximum Gasteiger partial charge on any atom is 0.118 e. The minimum absolute atomic E-state index is 0.798. The van der Waals surface area contributed by atoms with Gasteiger partial charge in [0.05, 0.1) is 14.2 Å². The first-order valence-electron chi connectivity index (χ1n) is 30.9. The van der Waals surface area contributed by atoms with Crippen molar-refractivity contribution in [1.82, 2.24) is 0 Å². The molecular weight excluding hydrogens is 1090 g/mol. The summed E-state index contributed by atoms with van der Waals surface area (Å²) in [7, 11) is 3.45. The van der Waals surface area contributed by atoms with Crippen molar-refractivity contribution < 1.29 is 9.47 Å². The third-order valence-electron chi connectivity index (χ3n) is 17.5. The van der Waals surface area contributed by atoms with Gasteiger partial charge in [-0.15, -0.1) is 0 Å². The lowest BCUT2D eigenvalue weighted by atomic mass is 9.74. The summed E-state index contributed by atoms with van der Waals surface area (Å²) in [6.07, 6.45) is 0. The summed E-state index contributed by atoms with van der Waals surface area (Å²) in [5.41, 5.74) is 32.2. The Morgan fingerprint density at radius 1 is 0.144 bits per heavy atom. The highest BCUT2D eigenvalue weighted by Gasteiger charge is 2.31. The largest absolute Gasteiger partial charge is 0.497 e. The van der Waals surface area contributed by atoms with Gasteiger partial charge in [0.15, 0.2) is 0 Å². The molecule has 0 aromatic heterocycles. The fourth-order valence-corrected chi connectivity index (χ4v) is 13.2. The second kappa shape index (κ2) is 25.2. The van der Waals surface area contributed by atoms with Gasteiger partial charge in [-0.2, -0.15) is 0 Å². The van der Waals surface area contributed by atoms with Gasteiger partial charge in [-0.05, 0) is 183 Å². The van der Waals surface area contributed by atoms with Gasteiger partial charge < -0.3 is 9.47 Å². The average molecular weight is 1160 g/mol. The van der Waals surface area contributed by atoms with Gasteiger partial charge in [0.2, 0.25) is 0 Å². The minimum atomic E-state index is 0.798. The molecule has 0 heterocycles. The van der Waals surface area contributed by atoms with Gasteiger partial charge in [-0.25, -0.2) is 0 Å². The first kappa shape index (κ1) is 56.5. The van der Waals surface area contributed by atoms with Crippen LogP contribution in [0.4, 0.5) is 0 Å². The Kier molecular flexibility index (Phi) is 15.8. The Morgan fingerprint density at radius 3 is 0.444 bits per heavy atom. The number of hydrogen-bond acceptors (Lipinski definition) is 2. The average Bonchev–Trinajstić information content (AvgIpc) is 0.736. The van der Waals surface area contributed by atoms with Gasteiger partial charge in [-0.1, -0.05) is 314 Å². The monoisotopic (exact) mass is 1150 g/mol. The molecule has 0 aliphatic carbocycles. The summed E-state index contributed by atoms with van der Waals surface area (Å²) < 4.78 is 11.6. The van der Waals surface area contributed by atoms with Crippen molar-refractivity contribution in [3.05, 3.63) is 339 Å². The van der Waals surface area contributed by atoms with Gasteiger partial charge in [0.25, 0.3) is 0 Å². The molecule has 14 aromatic rings. The molecule has 0 bridgehead atoms. The first-order chi connectivity index (χ1) is 44.4. The number of rotatable bonds is 15. The van der Waals surface area contributed by atoms with Crippen LogP contribution in [0.2, 0.25) is 0 Å². The van der Waals surface area contributed by atoms with E-state index in [1.807, 2.05) is 0 Å². The van der Waals surface area contributed by atoms with Crippen molar-refractivity contribution in [2.75, 3.05) is 14.2 Å². The first-order valence-corrected chi connectivity index (χ1v) is 30.9. The molecule has 0 unspecified atom stereocenters. The molecule has 430 valence electrons. The molecule has 14 aromatic carbocycles. The highest BCUT2D eigenvalue weighted by Crippen LogP contribution is 2.58. The SMILES string of the molecule is COc1ccc(-c2c(-c3ccccc3)c(-c3ccccc3)c(-c3ccc(-c4ccc(-c5c(-c6ccccc6)c(-c6ccccc6)c(-c6ccc(C)cc6)c(-c6ccc(C)cc6)c5-c5ccccc5)cc4)cc3)c(-c3ccccc3)c2-c2ccc(OC)cc2)cc1. The summed E-state index contributed by atoms with van der Waals surface area (Å²) in [6, 6.07) is 120. The van der Waals surface area contributed by atoms with Crippen LogP contribution in [0, 0.1) is 13.8 Å². The van der Waals surface area contributed by atoms with Crippen LogP contribution in [0.1, 0.15) is 11.1 Å². The lowest BCUT2D eigenvalue weighted by molar-refractivity contribution is 0.414. The van der Waals surface area contributed by atoms with Gasteiger partial charge in [0.1, 0.15) is 11.5 Å². The third-order valence-corrected chi connectivity index (χ3v) is 17.5. The minimum Gasteiger partial charge on any atom is -0.497 e. The van der Waals surface area contributed by atoms with Crippen LogP contribution in [-0.2, 0) is 0 Å². The van der Waals surface area contributed by atoms with Gasteiger partial charge in [-0.3, -0.25) is 0 Å². The van der Waals surface area contributed by atoms with Crippen LogP contribution in [0.25, 0.3) is 145 Å². The van der Waals surface area contributed by atoms with Crippen LogP contribution in [0.5, 0.6) is 11.5 Å². The molecule has 14 rings (SSSR count).